The topological polar surface area (TPSA) is 66.4 Å². The largest absolute Gasteiger partial charge is 0.342 e. The highest BCUT2D eigenvalue weighted by Crippen LogP contribution is 2.33. The van der Waals surface area contributed by atoms with E-state index in [9.17, 15) is 14.0 Å². The Balaban J connectivity index is 1.55. The van der Waals surface area contributed by atoms with Crippen molar-refractivity contribution in [2.75, 3.05) is 24.5 Å². The van der Waals surface area contributed by atoms with E-state index in [1.807, 2.05) is 25.7 Å². The normalized spacial score (nSPS) is 18.4. The molecule has 2 aliphatic heterocycles. The summed E-state index contributed by atoms with van der Waals surface area (Å²) in [6.07, 6.45) is 1.53. The van der Waals surface area contributed by atoms with Crippen molar-refractivity contribution in [1.82, 2.24) is 14.9 Å². The lowest BCUT2D eigenvalue weighted by atomic mass is 10.1. The first-order valence-electron chi connectivity index (χ1n) is 10.5. The van der Waals surface area contributed by atoms with Crippen molar-refractivity contribution >= 4 is 17.6 Å². The van der Waals surface area contributed by atoms with E-state index in [1.165, 1.54) is 6.07 Å². The van der Waals surface area contributed by atoms with Gasteiger partial charge in [-0.1, -0.05) is 32.0 Å². The van der Waals surface area contributed by atoms with Crippen molar-refractivity contribution in [2.24, 2.45) is 5.92 Å². The van der Waals surface area contributed by atoms with Gasteiger partial charge in [-0.15, -0.1) is 0 Å². The Hall–Kier alpha value is -2.83. The van der Waals surface area contributed by atoms with E-state index in [-0.39, 0.29) is 35.9 Å². The number of amides is 2. The number of likely N-dealkylation sites (tertiary alicyclic amines) is 1. The minimum Gasteiger partial charge on any atom is -0.342 e. The number of hydrogen-bond donors (Lipinski definition) is 0. The van der Waals surface area contributed by atoms with Crippen LogP contribution >= 0.6 is 0 Å². The van der Waals surface area contributed by atoms with E-state index in [4.69, 9.17) is 4.98 Å². The molecule has 0 N–H and O–H groups in total. The van der Waals surface area contributed by atoms with Crippen molar-refractivity contribution in [3.63, 3.8) is 0 Å². The summed E-state index contributed by atoms with van der Waals surface area (Å²) < 4.78 is 14.0. The quantitative estimate of drug-likeness (QED) is 0.760. The van der Waals surface area contributed by atoms with E-state index < -0.39 is 0 Å². The second-order valence-electron chi connectivity index (χ2n) is 8.46. The number of hydrogen-bond acceptors (Lipinski definition) is 4. The maximum absolute atomic E-state index is 14.0. The van der Waals surface area contributed by atoms with E-state index in [2.05, 4.69) is 4.98 Å². The maximum atomic E-state index is 14.0. The fraction of sp³-hybridized carbons (Fsp3) is 0.478. The average Bonchev–Trinajstić information content (AvgIpc) is 3.32. The number of fused-ring (bicyclic) bond motifs is 1. The predicted molar refractivity (Wildman–Crippen MR) is 112 cm³/mol. The summed E-state index contributed by atoms with van der Waals surface area (Å²) >= 11 is 0. The molecule has 1 saturated heterocycles. The lowest BCUT2D eigenvalue weighted by Crippen LogP contribution is -2.32. The second-order valence-corrected chi connectivity index (χ2v) is 8.46. The Labute approximate surface area is 176 Å². The Kier molecular flexibility index (Phi) is 5.54. The third-order valence-electron chi connectivity index (χ3n) is 6.02. The van der Waals surface area contributed by atoms with E-state index in [0.717, 1.165) is 17.7 Å². The van der Waals surface area contributed by atoms with Gasteiger partial charge in [0.15, 0.2) is 0 Å². The minimum absolute atomic E-state index is 0.0288. The van der Waals surface area contributed by atoms with Crippen LogP contribution in [-0.2, 0) is 22.4 Å². The molecule has 3 heterocycles. The molecule has 2 amide bonds. The van der Waals surface area contributed by atoms with Crippen molar-refractivity contribution in [3.05, 3.63) is 52.7 Å². The number of aryl methyl sites for hydroxylation is 1. The van der Waals surface area contributed by atoms with Gasteiger partial charge in [0.05, 0.1) is 6.42 Å². The maximum Gasteiger partial charge on any atom is 0.232 e. The molecule has 0 bridgehead atoms. The van der Waals surface area contributed by atoms with Gasteiger partial charge in [-0.05, 0) is 31.4 Å². The molecule has 0 radical (unpaired) electrons. The highest BCUT2D eigenvalue weighted by Gasteiger charge is 2.35. The van der Waals surface area contributed by atoms with Gasteiger partial charge >= 0.3 is 0 Å². The Morgan fingerprint density at radius 1 is 1.27 bits per heavy atom. The number of benzene rings is 1. The smallest absolute Gasteiger partial charge is 0.232 e. The van der Waals surface area contributed by atoms with Gasteiger partial charge in [0.1, 0.15) is 17.5 Å². The summed E-state index contributed by atoms with van der Waals surface area (Å²) in [4.78, 5) is 37.9. The standard InChI is InChI=1S/C23H27FN4O2/c1-14(2)23(30)27-10-8-17(13-27)21-25-15(3)18-12-20(29)28(22(18)26-21)11-9-16-6-4-5-7-19(16)24/h4-7,14,17H,8-13H2,1-3H3. The Morgan fingerprint density at radius 3 is 2.77 bits per heavy atom. The summed E-state index contributed by atoms with van der Waals surface area (Å²) in [5.74, 6) is 1.24. The van der Waals surface area contributed by atoms with E-state index in [1.54, 1.807) is 23.1 Å². The molecule has 6 nitrogen and oxygen atoms in total. The van der Waals surface area contributed by atoms with Gasteiger partial charge in [0.2, 0.25) is 11.8 Å². The number of anilines is 1. The first-order valence-corrected chi connectivity index (χ1v) is 10.5. The predicted octanol–water partition coefficient (Wildman–Crippen LogP) is 3.03. The third-order valence-corrected chi connectivity index (χ3v) is 6.02. The fourth-order valence-electron chi connectivity index (χ4n) is 4.28. The number of carbonyl (C=O) groups excluding carboxylic acids is 2. The highest BCUT2D eigenvalue weighted by molar-refractivity contribution is 6.00. The Morgan fingerprint density at radius 2 is 2.03 bits per heavy atom. The minimum atomic E-state index is -0.259. The summed E-state index contributed by atoms with van der Waals surface area (Å²) in [6, 6.07) is 6.63. The Bertz CT molecular complexity index is 991. The monoisotopic (exact) mass is 410 g/mol. The molecule has 1 atom stereocenters. The SMILES string of the molecule is Cc1nc(C2CCN(C(=O)C(C)C)C2)nc2c1CC(=O)N2CCc1ccccc1F. The molecule has 2 aromatic rings. The van der Waals surface area contributed by atoms with Crippen LogP contribution in [0.5, 0.6) is 0 Å². The molecule has 1 aromatic carbocycles. The number of nitrogens with zero attached hydrogens (tertiary/aromatic N) is 4. The van der Waals surface area contributed by atoms with Crippen LogP contribution in [0.1, 0.15) is 48.8 Å². The molecule has 0 spiro atoms. The van der Waals surface area contributed by atoms with E-state index in [0.29, 0.717) is 43.3 Å². The number of carbonyl (C=O) groups is 2. The molecular weight excluding hydrogens is 383 g/mol. The van der Waals surface area contributed by atoms with Crippen molar-refractivity contribution < 1.29 is 14.0 Å². The molecule has 1 unspecified atom stereocenters. The molecular formula is C23H27FN4O2. The lowest BCUT2D eigenvalue weighted by Gasteiger charge is -2.20. The second kappa shape index (κ2) is 8.13. The van der Waals surface area contributed by atoms with Crippen LogP contribution in [0, 0.1) is 18.7 Å². The molecule has 2 aliphatic rings. The first-order chi connectivity index (χ1) is 14.3. The van der Waals surface area contributed by atoms with Crippen molar-refractivity contribution in [1.29, 1.82) is 0 Å². The zero-order valence-electron chi connectivity index (χ0n) is 17.7. The third kappa shape index (κ3) is 3.80. The summed E-state index contributed by atoms with van der Waals surface area (Å²) in [5, 5.41) is 0. The van der Waals surface area contributed by atoms with Gasteiger partial charge < -0.3 is 4.90 Å². The molecule has 4 rings (SSSR count). The van der Waals surface area contributed by atoms with Crippen LogP contribution in [0.3, 0.4) is 0 Å². The van der Waals surface area contributed by atoms with Crippen LogP contribution in [0.2, 0.25) is 0 Å². The zero-order valence-corrected chi connectivity index (χ0v) is 17.7. The van der Waals surface area contributed by atoms with Crippen LogP contribution in [0.4, 0.5) is 10.2 Å². The number of rotatable bonds is 5. The highest BCUT2D eigenvalue weighted by atomic mass is 19.1. The van der Waals surface area contributed by atoms with Crippen LogP contribution in [-0.4, -0.2) is 46.3 Å². The summed E-state index contributed by atoms with van der Waals surface area (Å²) in [6.45, 7) is 7.42. The molecule has 1 fully saturated rings. The van der Waals surface area contributed by atoms with E-state index >= 15 is 0 Å². The van der Waals surface area contributed by atoms with Crippen LogP contribution in [0.15, 0.2) is 24.3 Å². The van der Waals surface area contributed by atoms with Gasteiger partial charge in [-0.3, -0.25) is 14.5 Å². The molecule has 30 heavy (non-hydrogen) atoms. The fourth-order valence-corrected chi connectivity index (χ4v) is 4.28. The van der Waals surface area contributed by atoms with Gasteiger partial charge in [0.25, 0.3) is 0 Å². The number of halogens is 1. The first kappa shape index (κ1) is 20.4. The molecule has 0 aliphatic carbocycles. The van der Waals surface area contributed by atoms with Gasteiger partial charge in [-0.25, -0.2) is 14.4 Å². The van der Waals surface area contributed by atoms with Crippen molar-refractivity contribution in [3.8, 4) is 0 Å². The molecule has 158 valence electrons. The zero-order chi connectivity index (χ0) is 21.4. The number of aromatic nitrogens is 2. The van der Waals surface area contributed by atoms with Gasteiger partial charge in [-0.2, -0.15) is 0 Å². The molecule has 0 saturated carbocycles. The molecule has 7 heteroatoms. The van der Waals surface area contributed by atoms with Crippen LogP contribution in [0.25, 0.3) is 0 Å². The summed E-state index contributed by atoms with van der Waals surface area (Å²) in [5.41, 5.74) is 2.25. The van der Waals surface area contributed by atoms with Crippen molar-refractivity contribution in [2.45, 2.75) is 46.0 Å². The van der Waals surface area contributed by atoms with Crippen LogP contribution < -0.4 is 4.90 Å². The lowest BCUT2D eigenvalue weighted by molar-refractivity contribution is -0.133. The average molecular weight is 410 g/mol. The van der Waals surface area contributed by atoms with Gasteiger partial charge in [0, 0.05) is 42.7 Å². The molecule has 1 aromatic heterocycles. The summed E-state index contributed by atoms with van der Waals surface area (Å²) in [7, 11) is 0.